The average molecular weight is 249 g/mol. The van der Waals surface area contributed by atoms with Crippen LogP contribution in [-0.2, 0) is 0 Å². The standard InChI is InChI=1S/C12H15N3OS/c1-3-7-13-12(17)15-14-9-10-5-4-6-11(8-10)16-2/h3-6,8-9H,1,7H2,2H3,(H2,13,15,17). The number of nitrogens with zero attached hydrogens (tertiary/aromatic N) is 1. The van der Waals surface area contributed by atoms with Gasteiger partial charge in [-0.2, -0.15) is 5.10 Å². The molecule has 0 radical (unpaired) electrons. The van der Waals surface area contributed by atoms with Gasteiger partial charge in [-0.05, 0) is 29.9 Å². The van der Waals surface area contributed by atoms with Crippen LogP contribution in [0.5, 0.6) is 5.75 Å². The molecule has 0 amide bonds. The maximum absolute atomic E-state index is 5.10. The summed E-state index contributed by atoms with van der Waals surface area (Å²) in [6.07, 6.45) is 3.39. The number of nitrogens with one attached hydrogen (secondary N) is 2. The molecule has 1 aromatic carbocycles. The maximum Gasteiger partial charge on any atom is 0.187 e. The topological polar surface area (TPSA) is 45.7 Å². The van der Waals surface area contributed by atoms with Crippen molar-refractivity contribution in [3.05, 3.63) is 42.5 Å². The van der Waals surface area contributed by atoms with Gasteiger partial charge in [-0.1, -0.05) is 18.2 Å². The van der Waals surface area contributed by atoms with Crippen LogP contribution < -0.4 is 15.5 Å². The normalized spacial score (nSPS) is 9.94. The van der Waals surface area contributed by atoms with Gasteiger partial charge < -0.3 is 10.1 Å². The Labute approximate surface area is 106 Å². The van der Waals surface area contributed by atoms with Crippen LogP contribution in [-0.4, -0.2) is 25.0 Å². The van der Waals surface area contributed by atoms with Crippen molar-refractivity contribution in [1.82, 2.24) is 10.7 Å². The maximum atomic E-state index is 5.10. The van der Waals surface area contributed by atoms with Crippen LogP contribution in [0.3, 0.4) is 0 Å². The Hall–Kier alpha value is -1.88. The first kappa shape index (κ1) is 13.2. The molecule has 5 heteroatoms. The highest BCUT2D eigenvalue weighted by atomic mass is 32.1. The van der Waals surface area contributed by atoms with E-state index in [1.165, 1.54) is 0 Å². The Bertz CT molecular complexity index is 418. The van der Waals surface area contributed by atoms with Gasteiger partial charge in [0.1, 0.15) is 5.75 Å². The first-order valence-corrected chi connectivity index (χ1v) is 5.49. The van der Waals surface area contributed by atoms with E-state index < -0.39 is 0 Å². The Morgan fingerprint density at radius 3 is 3.12 bits per heavy atom. The van der Waals surface area contributed by atoms with Gasteiger partial charge >= 0.3 is 0 Å². The molecular formula is C12H15N3OS. The van der Waals surface area contributed by atoms with E-state index in [0.29, 0.717) is 11.7 Å². The molecule has 1 aromatic rings. The van der Waals surface area contributed by atoms with Gasteiger partial charge in [0.2, 0.25) is 0 Å². The van der Waals surface area contributed by atoms with E-state index in [4.69, 9.17) is 17.0 Å². The molecule has 0 fully saturated rings. The second-order valence-corrected chi connectivity index (χ2v) is 3.55. The fraction of sp³-hybridized carbons (Fsp3) is 0.167. The van der Waals surface area contributed by atoms with Crippen molar-refractivity contribution in [2.45, 2.75) is 0 Å². The van der Waals surface area contributed by atoms with Gasteiger partial charge in [0.05, 0.1) is 13.3 Å². The van der Waals surface area contributed by atoms with Crippen LogP contribution in [0.25, 0.3) is 0 Å². The Kier molecular flexibility index (Phi) is 5.74. The molecule has 90 valence electrons. The molecule has 2 N–H and O–H groups in total. The number of rotatable bonds is 5. The highest BCUT2D eigenvalue weighted by molar-refractivity contribution is 7.80. The Morgan fingerprint density at radius 1 is 1.59 bits per heavy atom. The lowest BCUT2D eigenvalue weighted by Gasteiger charge is -2.03. The van der Waals surface area contributed by atoms with Crippen molar-refractivity contribution in [2.75, 3.05) is 13.7 Å². The lowest BCUT2D eigenvalue weighted by Crippen LogP contribution is -2.31. The lowest BCUT2D eigenvalue weighted by molar-refractivity contribution is 0.415. The first-order chi connectivity index (χ1) is 8.26. The molecule has 0 spiro atoms. The highest BCUT2D eigenvalue weighted by Crippen LogP contribution is 2.10. The van der Waals surface area contributed by atoms with Crippen LogP contribution >= 0.6 is 12.2 Å². The van der Waals surface area contributed by atoms with E-state index >= 15 is 0 Å². The summed E-state index contributed by atoms with van der Waals surface area (Å²) in [7, 11) is 1.63. The lowest BCUT2D eigenvalue weighted by atomic mass is 10.2. The van der Waals surface area contributed by atoms with Gasteiger partial charge in [0.15, 0.2) is 5.11 Å². The van der Waals surface area contributed by atoms with E-state index in [1.807, 2.05) is 24.3 Å². The summed E-state index contributed by atoms with van der Waals surface area (Å²) in [5, 5.41) is 7.37. The van der Waals surface area contributed by atoms with Crippen molar-refractivity contribution < 1.29 is 4.74 Å². The minimum atomic E-state index is 0.462. The zero-order valence-electron chi connectivity index (χ0n) is 9.64. The summed E-state index contributed by atoms with van der Waals surface area (Å²) < 4.78 is 5.10. The third-order valence-corrected chi connectivity index (χ3v) is 2.12. The van der Waals surface area contributed by atoms with Crippen molar-refractivity contribution in [3.8, 4) is 5.75 Å². The number of hydrazone groups is 1. The van der Waals surface area contributed by atoms with Crippen LogP contribution in [0.4, 0.5) is 0 Å². The fourth-order valence-electron chi connectivity index (χ4n) is 1.09. The van der Waals surface area contributed by atoms with E-state index in [0.717, 1.165) is 11.3 Å². The molecule has 0 heterocycles. The number of hydrogen-bond donors (Lipinski definition) is 2. The Balaban J connectivity index is 2.47. The van der Waals surface area contributed by atoms with Crippen LogP contribution in [0.15, 0.2) is 42.0 Å². The monoisotopic (exact) mass is 249 g/mol. The largest absolute Gasteiger partial charge is 0.497 e. The molecule has 0 aliphatic heterocycles. The van der Waals surface area contributed by atoms with Crippen molar-refractivity contribution >= 4 is 23.5 Å². The number of hydrogen-bond acceptors (Lipinski definition) is 3. The summed E-state index contributed by atoms with van der Waals surface area (Å²) in [4.78, 5) is 0. The predicted octanol–water partition coefficient (Wildman–Crippen LogP) is 1.68. The minimum absolute atomic E-state index is 0.462. The van der Waals surface area contributed by atoms with Gasteiger partial charge in [-0.15, -0.1) is 6.58 Å². The quantitative estimate of drug-likeness (QED) is 0.361. The number of thiocarbonyl (C=S) groups is 1. The molecule has 0 saturated heterocycles. The molecule has 0 aliphatic carbocycles. The summed E-state index contributed by atoms with van der Waals surface area (Å²) in [6.45, 7) is 4.19. The molecule has 4 nitrogen and oxygen atoms in total. The third-order valence-electron chi connectivity index (χ3n) is 1.88. The van der Waals surface area contributed by atoms with Crippen LogP contribution in [0.1, 0.15) is 5.56 Å². The van der Waals surface area contributed by atoms with Crippen molar-refractivity contribution in [2.24, 2.45) is 5.10 Å². The number of ether oxygens (including phenoxy) is 1. The van der Waals surface area contributed by atoms with Gasteiger partial charge in [-0.3, -0.25) is 5.43 Å². The molecule has 0 bridgehead atoms. The number of benzene rings is 1. The van der Waals surface area contributed by atoms with Crippen LogP contribution in [0.2, 0.25) is 0 Å². The van der Waals surface area contributed by atoms with Gasteiger partial charge in [0.25, 0.3) is 0 Å². The first-order valence-electron chi connectivity index (χ1n) is 5.08. The SMILES string of the molecule is C=CCNC(=S)NN=Cc1cccc(OC)c1. The summed E-state index contributed by atoms with van der Waals surface area (Å²) in [5.74, 6) is 0.793. The third kappa shape index (κ3) is 5.12. The Morgan fingerprint density at radius 2 is 2.41 bits per heavy atom. The van der Waals surface area contributed by atoms with E-state index in [2.05, 4.69) is 22.4 Å². The fourth-order valence-corrected chi connectivity index (χ4v) is 1.23. The molecular weight excluding hydrogens is 234 g/mol. The van der Waals surface area contributed by atoms with E-state index in [1.54, 1.807) is 19.4 Å². The summed E-state index contributed by atoms with van der Waals surface area (Å²) in [6, 6.07) is 7.58. The van der Waals surface area contributed by atoms with E-state index in [-0.39, 0.29) is 0 Å². The van der Waals surface area contributed by atoms with Crippen molar-refractivity contribution in [1.29, 1.82) is 0 Å². The molecule has 0 saturated carbocycles. The molecule has 0 atom stereocenters. The van der Waals surface area contributed by atoms with E-state index in [9.17, 15) is 0 Å². The molecule has 17 heavy (non-hydrogen) atoms. The second kappa shape index (κ2) is 7.40. The molecule has 0 aromatic heterocycles. The predicted molar refractivity (Wildman–Crippen MR) is 74.5 cm³/mol. The zero-order chi connectivity index (χ0) is 12.5. The summed E-state index contributed by atoms with van der Waals surface area (Å²) in [5.41, 5.74) is 3.64. The smallest absolute Gasteiger partial charge is 0.187 e. The summed E-state index contributed by atoms with van der Waals surface area (Å²) >= 11 is 4.98. The zero-order valence-corrected chi connectivity index (χ0v) is 10.5. The molecule has 0 unspecified atom stereocenters. The van der Waals surface area contributed by atoms with Gasteiger partial charge in [-0.25, -0.2) is 0 Å². The van der Waals surface area contributed by atoms with Crippen LogP contribution in [0, 0.1) is 0 Å². The second-order valence-electron chi connectivity index (χ2n) is 3.15. The van der Waals surface area contributed by atoms with Gasteiger partial charge in [0, 0.05) is 6.54 Å². The average Bonchev–Trinajstić information content (AvgIpc) is 2.36. The van der Waals surface area contributed by atoms with Crippen molar-refractivity contribution in [3.63, 3.8) is 0 Å². The number of methoxy groups -OCH3 is 1. The minimum Gasteiger partial charge on any atom is -0.497 e. The highest BCUT2D eigenvalue weighted by Gasteiger charge is 1.92. The molecule has 0 aliphatic rings. The molecule has 1 rings (SSSR count).